The molecule has 0 radical (unpaired) electrons. The predicted octanol–water partition coefficient (Wildman–Crippen LogP) is -5.31. The first-order valence-corrected chi connectivity index (χ1v) is 11.2. The van der Waals surface area contributed by atoms with Gasteiger partial charge in [-0.25, -0.2) is 0 Å². The summed E-state index contributed by atoms with van der Waals surface area (Å²) in [6.45, 7) is 6.53. The first-order valence-electron chi connectivity index (χ1n) is 9.72. The van der Waals surface area contributed by atoms with E-state index >= 15 is 0 Å². The first-order chi connectivity index (χ1) is 11.4. The molecule has 0 atom stereocenters. The van der Waals surface area contributed by atoms with Crippen molar-refractivity contribution in [2.45, 2.75) is 104 Å². The zero-order valence-corrected chi connectivity index (χ0v) is 29.1. The molecule has 9 heteroatoms. The number of hydrogen-bond donors (Lipinski definition) is 0. The van der Waals surface area contributed by atoms with E-state index in [4.69, 9.17) is 24.0 Å². The van der Waals surface area contributed by atoms with Gasteiger partial charge in [0.1, 0.15) is 0 Å². The summed E-state index contributed by atoms with van der Waals surface area (Å²) in [5.74, 6) is 0. The standard InChI is InChI=1S/C18H38O.3K.H3O4P/c1-3-5-7-9-11-13-15-17-19-18-16-14-12-10-8-6-4-2;;;;1-5(2,3)4/h3-18H2,1-2H3;;;;(H3,1,2,3,4)/q;3*+1;/p-3. The molecule has 0 aliphatic carbocycles. The maximum atomic E-state index is 8.55. The molecule has 0 amide bonds. The van der Waals surface area contributed by atoms with Crippen LogP contribution in [0.3, 0.4) is 0 Å². The molecule has 0 N–H and O–H groups in total. The van der Waals surface area contributed by atoms with Gasteiger partial charge >= 0.3 is 154 Å². The predicted molar refractivity (Wildman–Crippen MR) is 94.4 cm³/mol. The van der Waals surface area contributed by atoms with Crippen molar-refractivity contribution in [3.63, 3.8) is 0 Å². The van der Waals surface area contributed by atoms with Gasteiger partial charge in [-0.15, -0.1) is 0 Å². The quantitative estimate of drug-likeness (QED) is 0.124. The van der Waals surface area contributed by atoms with E-state index in [0.717, 1.165) is 13.2 Å². The van der Waals surface area contributed by atoms with Crippen molar-refractivity contribution in [3.8, 4) is 0 Å². The van der Waals surface area contributed by atoms with Crippen molar-refractivity contribution in [3.05, 3.63) is 0 Å². The smallest absolute Gasteiger partial charge is 0.822 e. The van der Waals surface area contributed by atoms with E-state index in [9.17, 15) is 0 Å². The second kappa shape index (κ2) is 35.6. The third-order valence-corrected chi connectivity index (χ3v) is 3.78. The summed E-state index contributed by atoms with van der Waals surface area (Å²) in [4.78, 5) is 25.6. The van der Waals surface area contributed by atoms with Crippen LogP contribution in [0.4, 0.5) is 0 Å². The maximum Gasteiger partial charge on any atom is 1.00 e. The summed E-state index contributed by atoms with van der Waals surface area (Å²) >= 11 is 0. The third kappa shape index (κ3) is 59.1. The Bertz CT molecular complexity index is 257. The van der Waals surface area contributed by atoms with E-state index in [-0.39, 0.29) is 154 Å². The van der Waals surface area contributed by atoms with Crippen LogP contribution in [0.2, 0.25) is 0 Å². The van der Waals surface area contributed by atoms with E-state index in [2.05, 4.69) is 13.8 Å². The largest absolute Gasteiger partial charge is 1.00 e. The molecule has 0 fully saturated rings. The summed E-state index contributed by atoms with van der Waals surface area (Å²) in [5.41, 5.74) is 0. The second-order valence-electron chi connectivity index (χ2n) is 6.30. The second-order valence-corrected chi connectivity index (χ2v) is 7.20. The van der Waals surface area contributed by atoms with Crippen LogP contribution in [0.15, 0.2) is 0 Å². The molecule has 148 valence electrons. The van der Waals surface area contributed by atoms with Crippen LogP contribution in [-0.2, 0) is 9.30 Å². The van der Waals surface area contributed by atoms with Gasteiger partial charge in [-0.3, -0.25) is 0 Å². The normalized spacial score (nSPS) is 9.96. The molecule has 0 aliphatic heterocycles. The summed E-state index contributed by atoms with van der Waals surface area (Å²) in [7, 11) is -5.39. The average Bonchev–Trinajstić information content (AvgIpc) is 2.49. The van der Waals surface area contributed by atoms with Gasteiger partial charge in [0.25, 0.3) is 0 Å². The third-order valence-electron chi connectivity index (χ3n) is 3.78. The fraction of sp³-hybridized carbons (Fsp3) is 1.00. The molecule has 0 unspecified atom stereocenters. The SMILES string of the molecule is CCCCCCCCCOCCCCCCCCC.O=P([O-])([O-])[O-].[K+].[K+].[K+]. The number of hydrogen-bond acceptors (Lipinski definition) is 5. The monoisotopic (exact) mass is 482 g/mol. The zero-order valence-electron chi connectivity index (χ0n) is 18.8. The van der Waals surface area contributed by atoms with Gasteiger partial charge in [-0.1, -0.05) is 90.9 Å². The van der Waals surface area contributed by atoms with Gasteiger partial charge < -0.3 is 24.0 Å². The van der Waals surface area contributed by atoms with Crippen LogP contribution < -0.4 is 169 Å². The van der Waals surface area contributed by atoms with Crippen LogP contribution >= 0.6 is 7.82 Å². The Morgan fingerprint density at radius 3 is 1.04 bits per heavy atom. The molecule has 5 nitrogen and oxygen atoms in total. The molecule has 0 saturated heterocycles. The molecule has 0 heterocycles. The van der Waals surface area contributed by atoms with Gasteiger partial charge in [0.05, 0.1) is 0 Å². The number of ether oxygens (including phenoxy) is 1. The van der Waals surface area contributed by atoms with Crippen LogP contribution in [0.1, 0.15) is 104 Å². The Kier molecular flexibility index (Phi) is 55.5. The van der Waals surface area contributed by atoms with Gasteiger partial charge in [-0.2, -0.15) is 7.82 Å². The molecule has 0 aromatic heterocycles. The first kappa shape index (κ1) is 42.2. The van der Waals surface area contributed by atoms with E-state index < -0.39 is 7.82 Å². The minimum Gasteiger partial charge on any atom is -0.822 e. The van der Waals surface area contributed by atoms with Crippen molar-refractivity contribution in [2.75, 3.05) is 13.2 Å². The van der Waals surface area contributed by atoms with Crippen molar-refractivity contribution >= 4 is 7.82 Å². The van der Waals surface area contributed by atoms with Crippen molar-refractivity contribution < 1.29 is 178 Å². The molecule has 0 aliphatic rings. The molecule has 27 heavy (non-hydrogen) atoms. The average molecular weight is 483 g/mol. The van der Waals surface area contributed by atoms with Crippen LogP contribution in [0.5, 0.6) is 0 Å². The van der Waals surface area contributed by atoms with Crippen LogP contribution in [-0.4, -0.2) is 13.2 Å². The summed E-state index contributed by atoms with van der Waals surface area (Å²) in [6, 6.07) is 0. The van der Waals surface area contributed by atoms with E-state index in [0.29, 0.717) is 0 Å². The molecular weight excluding hydrogens is 444 g/mol. The Morgan fingerprint density at radius 2 is 0.778 bits per heavy atom. The molecule has 0 bridgehead atoms. The Morgan fingerprint density at radius 1 is 0.556 bits per heavy atom. The van der Waals surface area contributed by atoms with E-state index in [1.165, 1.54) is 89.9 Å². The van der Waals surface area contributed by atoms with Gasteiger partial charge in [0, 0.05) is 13.2 Å². The Labute approximate surface area is 296 Å². The summed E-state index contributed by atoms with van der Waals surface area (Å²) in [5, 5.41) is 0. The topological polar surface area (TPSA) is 95.5 Å². The molecule has 0 rings (SSSR count). The fourth-order valence-corrected chi connectivity index (χ4v) is 2.42. The van der Waals surface area contributed by atoms with Crippen molar-refractivity contribution in [1.29, 1.82) is 0 Å². The maximum absolute atomic E-state index is 8.55. The molecular formula is C18H38K3O5P. The van der Waals surface area contributed by atoms with E-state index in [1.54, 1.807) is 0 Å². The number of unbranched alkanes of at least 4 members (excludes halogenated alkanes) is 12. The minimum atomic E-state index is -5.39. The Balaban J connectivity index is -0.000000178. The van der Waals surface area contributed by atoms with Crippen LogP contribution in [0, 0.1) is 0 Å². The van der Waals surface area contributed by atoms with Crippen molar-refractivity contribution in [2.24, 2.45) is 0 Å². The number of phosphoric acid groups is 1. The van der Waals surface area contributed by atoms with Gasteiger partial charge in [0.15, 0.2) is 0 Å². The summed E-state index contributed by atoms with van der Waals surface area (Å²) < 4.78 is 14.2. The molecule has 0 spiro atoms. The van der Waals surface area contributed by atoms with Crippen LogP contribution in [0.25, 0.3) is 0 Å². The van der Waals surface area contributed by atoms with Gasteiger partial charge in [-0.05, 0) is 12.8 Å². The molecule has 0 aromatic rings. The van der Waals surface area contributed by atoms with Crippen molar-refractivity contribution in [1.82, 2.24) is 0 Å². The summed E-state index contributed by atoms with van der Waals surface area (Å²) in [6.07, 6.45) is 19.3. The Hall–Kier alpha value is 4.98. The zero-order chi connectivity index (χ0) is 18.5. The number of rotatable bonds is 16. The molecule has 0 aromatic carbocycles. The van der Waals surface area contributed by atoms with E-state index in [1.807, 2.05) is 0 Å². The molecule has 0 saturated carbocycles. The van der Waals surface area contributed by atoms with Gasteiger partial charge in [0.2, 0.25) is 0 Å². The minimum absolute atomic E-state index is 0. The fourth-order valence-electron chi connectivity index (χ4n) is 2.42.